The van der Waals surface area contributed by atoms with Gasteiger partial charge in [-0.2, -0.15) is 0 Å². The highest BCUT2D eigenvalue weighted by Crippen LogP contribution is 2.30. The molecular weight excluding hydrogens is 501 g/mol. The Kier molecular flexibility index (Phi) is 8.29. The van der Waals surface area contributed by atoms with Crippen molar-refractivity contribution in [2.24, 2.45) is 0 Å². The van der Waals surface area contributed by atoms with Gasteiger partial charge in [0.2, 0.25) is 0 Å². The maximum atomic E-state index is 14.7. The summed E-state index contributed by atoms with van der Waals surface area (Å²) < 4.78 is 34.9. The van der Waals surface area contributed by atoms with Gasteiger partial charge in [-0.25, -0.2) is 13.6 Å². The zero-order valence-corrected chi connectivity index (χ0v) is 17.5. The number of aromatic carboxylic acids is 1. The molecule has 0 fully saturated rings. The predicted molar refractivity (Wildman–Crippen MR) is 111 cm³/mol. The standard InChI is InChI=1S/C19H19F2IN2O5/c1-10-8-11(22)2-3-14(10)24-17-13(18(26)23-4-6-29-7-5-25)9-12(19(27)28)15(20)16(17)21/h2-3,8-9,24-25H,4-7H2,1H3,(H,23,26)(H,27,28). The molecule has 1 amide bonds. The van der Waals surface area contributed by atoms with E-state index in [0.29, 0.717) is 5.69 Å². The average molecular weight is 520 g/mol. The Morgan fingerprint density at radius 1 is 1.14 bits per heavy atom. The SMILES string of the molecule is Cc1cc(I)ccc1Nc1c(C(=O)NCCOCCO)cc(C(=O)O)c(F)c1F. The zero-order valence-electron chi connectivity index (χ0n) is 15.4. The first kappa shape index (κ1) is 23.0. The number of benzene rings is 2. The molecule has 2 rings (SSSR count). The van der Waals surface area contributed by atoms with E-state index in [1.807, 2.05) is 0 Å². The van der Waals surface area contributed by atoms with E-state index in [1.54, 1.807) is 25.1 Å². The third-order valence-corrected chi connectivity index (χ3v) is 4.57. The van der Waals surface area contributed by atoms with Gasteiger partial charge in [0.05, 0.1) is 36.6 Å². The molecule has 0 heterocycles. The highest BCUT2D eigenvalue weighted by atomic mass is 127. The Balaban J connectivity index is 2.40. The van der Waals surface area contributed by atoms with Gasteiger partial charge in [-0.05, 0) is 59.3 Å². The number of rotatable bonds is 9. The number of hydrogen-bond acceptors (Lipinski definition) is 5. The summed E-state index contributed by atoms with van der Waals surface area (Å²) in [6.45, 7) is 1.78. The lowest BCUT2D eigenvalue weighted by atomic mass is 10.0. The molecule has 4 N–H and O–H groups in total. The number of carboxylic acids is 1. The second kappa shape index (κ2) is 10.5. The number of hydrogen-bond donors (Lipinski definition) is 4. The Bertz CT molecular complexity index is 924. The van der Waals surface area contributed by atoms with Crippen molar-refractivity contribution in [3.8, 4) is 0 Å². The van der Waals surface area contributed by atoms with Crippen molar-refractivity contribution in [2.75, 3.05) is 31.7 Å². The predicted octanol–water partition coefficient (Wildman–Crippen LogP) is 3.06. The molecular formula is C19H19F2IN2O5. The van der Waals surface area contributed by atoms with Crippen LogP contribution in [-0.2, 0) is 4.74 Å². The second-order valence-corrected chi connectivity index (χ2v) is 7.20. The number of carbonyl (C=O) groups is 2. The zero-order chi connectivity index (χ0) is 21.6. The number of nitrogens with one attached hydrogen (secondary N) is 2. The van der Waals surface area contributed by atoms with Crippen molar-refractivity contribution >= 4 is 45.8 Å². The van der Waals surface area contributed by atoms with Crippen LogP contribution in [0.4, 0.5) is 20.2 Å². The Labute approximate surface area is 179 Å². The van der Waals surface area contributed by atoms with Gasteiger partial charge in [-0.15, -0.1) is 0 Å². The van der Waals surface area contributed by atoms with E-state index in [1.165, 1.54) is 0 Å². The van der Waals surface area contributed by atoms with Crippen molar-refractivity contribution in [1.29, 1.82) is 0 Å². The number of anilines is 2. The maximum Gasteiger partial charge on any atom is 0.338 e. The van der Waals surface area contributed by atoms with Crippen molar-refractivity contribution in [3.63, 3.8) is 0 Å². The first-order valence-corrected chi connectivity index (χ1v) is 9.59. The van der Waals surface area contributed by atoms with E-state index in [0.717, 1.165) is 15.2 Å². The number of amides is 1. The van der Waals surface area contributed by atoms with E-state index < -0.39 is 34.8 Å². The monoisotopic (exact) mass is 520 g/mol. The third kappa shape index (κ3) is 5.84. The topological polar surface area (TPSA) is 108 Å². The van der Waals surface area contributed by atoms with Crippen LogP contribution < -0.4 is 10.6 Å². The summed E-state index contributed by atoms with van der Waals surface area (Å²) in [7, 11) is 0. The van der Waals surface area contributed by atoms with Gasteiger partial charge in [0, 0.05) is 15.8 Å². The van der Waals surface area contributed by atoms with E-state index >= 15 is 0 Å². The first-order valence-electron chi connectivity index (χ1n) is 8.51. The van der Waals surface area contributed by atoms with Gasteiger partial charge in [-0.1, -0.05) is 0 Å². The molecule has 0 atom stereocenters. The van der Waals surface area contributed by atoms with Crippen LogP contribution in [0.2, 0.25) is 0 Å². The number of ether oxygens (including phenoxy) is 1. The molecule has 0 radical (unpaired) electrons. The molecule has 0 aromatic heterocycles. The molecule has 0 aliphatic rings. The van der Waals surface area contributed by atoms with E-state index in [2.05, 4.69) is 33.2 Å². The van der Waals surface area contributed by atoms with Gasteiger partial charge in [0.25, 0.3) is 5.91 Å². The van der Waals surface area contributed by atoms with Gasteiger partial charge < -0.3 is 25.6 Å². The van der Waals surface area contributed by atoms with E-state index in [-0.39, 0.29) is 31.9 Å². The van der Waals surface area contributed by atoms with Crippen molar-refractivity contribution in [2.45, 2.75) is 6.92 Å². The van der Waals surface area contributed by atoms with Crippen LogP contribution in [0.15, 0.2) is 24.3 Å². The summed E-state index contributed by atoms with van der Waals surface area (Å²) in [6.07, 6.45) is 0. The fourth-order valence-corrected chi connectivity index (χ4v) is 3.13. The molecule has 2 aromatic rings. The molecule has 29 heavy (non-hydrogen) atoms. The Morgan fingerprint density at radius 3 is 2.48 bits per heavy atom. The fraction of sp³-hybridized carbons (Fsp3) is 0.263. The van der Waals surface area contributed by atoms with Gasteiger partial charge >= 0.3 is 5.97 Å². The quantitative estimate of drug-likeness (QED) is 0.299. The van der Waals surface area contributed by atoms with Crippen LogP contribution in [-0.4, -0.2) is 48.5 Å². The number of halogens is 3. The van der Waals surface area contributed by atoms with Crippen molar-refractivity contribution in [3.05, 3.63) is 56.2 Å². The van der Waals surface area contributed by atoms with Crippen LogP contribution >= 0.6 is 22.6 Å². The van der Waals surface area contributed by atoms with Gasteiger partial charge in [0.1, 0.15) is 0 Å². The van der Waals surface area contributed by atoms with Crippen LogP contribution in [0.25, 0.3) is 0 Å². The highest BCUT2D eigenvalue weighted by Gasteiger charge is 2.26. The van der Waals surface area contributed by atoms with Crippen molar-refractivity contribution in [1.82, 2.24) is 5.32 Å². The molecule has 0 bridgehead atoms. The average Bonchev–Trinajstić information content (AvgIpc) is 2.66. The van der Waals surface area contributed by atoms with Crippen LogP contribution in [0.5, 0.6) is 0 Å². The summed E-state index contributed by atoms with van der Waals surface area (Å²) in [5.41, 5.74) is -0.615. The normalized spacial score (nSPS) is 10.7. The van der Waals surface area contributed by atoms with Crippen molar-refractivity contribution < 1.29 is 33.3 Å². The number of carbonyl (C=O) groups excluding carboxylic acids is 1. The fourth-order valence-electron chi connectivity index (χ4n) is 2.48. The summed E-state index contributed by atoms with van der Waals surface area (Å²) in [4.78, 5) is 23.8. The third-order valence-electron chi connectivity index (χ3n) is 3.90. The van der Waals surface area contributed by atoms with E-state index in [9.17, 15) is 18.4 Å². The molecule has 0 saturated carbocycles. The highest BCUT2D eigenvalue weighted by molar-refractivity contribution is 14.1. The van der Waals surface area contributed by atoms with Crippen LogP contribution in [0, 0.1) is 22.1 Å². The van der Waals surface area contributed by atoms with Crippen LogP contribution in [0.3, 0.4) is 0 Å². The van der Waals surface area contributed by atoms with Crippen LogP contribution in [0.1, 0.15) is 26.3 Å². The number of aliphatic hydroxyl groups excluding tert-OH is 1. The lowest BCUT2D eigenvalue weighted by molar-refractivity contribution is 0.0690. The van der Waals surface area contributed by atoms with Gasteiger partial charge in [-0.3, -0.25) is 4.79 Å². The largest absolute Gasteiger partial charge is 0.478 e. The smallest absolute Gasteiger partial charge is 0.338 e. The molecule has 2 aromatic carbocycles. The summed E-state index contributed by atoms with van der Waals surface area (Å²) in [5, 5.41) is 22.9. The lowest BCUT2D eigenvalue weighted by Crippen LogP contribution is -2.29. The molecule has 156 valence electrons. The minimum absolute atomic E-state index is 0.0300. The minimum Gasteiger partial charge on any atom is -0.478 e. The Hall–Kier alpha value is -2.31. The first-order chi connectivity index (χ1) is 13.8. The summed E-state index contributed by atoms with van der Waals surface area (Å²) in [5.74, 6) is -5.53. The number of aryl methyl sites for hydroxylation is 1. The Morgan fingerprint density at radius 2 is 1.86 bits per heavy atom. The maximum absolute atomic E-state index is 14.7. The molecule has 10 heteroatoms. The summed E-state index contributed by atoms with van der Waals surface area (Å²) >= 11 is 2.10. The lowest BCUT2D eigenvalue weighted by Gasteiger charge is -2.16. The van der Waals surface area contributed by atoms with E-state index in [4.69, 9.17) is 14.9 Å². The number of aliphatic hydroxyl groups is 1. The molecule has 0 spiro atoms. The minimum atomic E-state index is -1.70. The summed E-state index contributed by atoms with van der Waals surface area (Å²) in [6, 6.07) is 5.98. The molecule has 7 nitrogen and oxygen atoms in total. The van der Waals surface area contributed by atoms with Gasteiger partial charge in [0.15, 0.2) is 11.6 Å². The molecule has 0 saturated heterocycles. The number of carboxylic acid groups (broad SMARTS) is 1. The second-order valence-electron chi connectivity index (χ2n) is 5.96. The molecule has 0 aliphatic heterocycles. The molecule has 0 unspecified atom stereocenters. The molecule has 0 aliphatic carbocycles.